The molecule has 0 aromatic heterocycles. The second kappa shape index (κ2) is 5.54. The number of hydrogen-bond donors (Lipinski definition) is 2. The van der Waals surface area contributed by atoms with Crippen molar-refractivity contribution in [3.63, 3.8) is 0 Å². The summed E-state index contributed by atoms with van der Waals surface area (Å²) in [5.41, 5.74) is 6.03. The van der Waals surface area contributed by atoms with Crippen LogP contribution < -0.4 is 15.8 Å². The van der Waals surface area contributed by atoms with Gasteiger partial charge in [0, 0.05) is 24.6 Å². The van der Waals surface area contributed by atoms with Crippen LogP contribution in [0.25, 0.3) is 0 Å². The molecule has 1 aromatic rings. The Labute approximate surface area is 99.9 Å². The molecule has 5 nitrogen and oxygen atoms in total. The number of hydrogen-bond acceptors (Lipinski definition) is 4. The van der Waals surface area contributed by atoms with Gasteiger partial charge in [0.25, 0.3) is 0 Å². The molecule has 1 amide bonds. The summed E-state index contributed by atoms with van der Waals surface area (Å²) in [6, 6.07) is 8.19. The van der Waals surface area contributed by atoms with E-state index in [0.717, 1.165) is 17.7 Å². The van der Waals surface area contributed by atoms with Crippen LogP contribution in [-0.2, 0) is 4.74 Å². The maximum absolute atomic E-state index is 10.4. The van der Waals surface area contributed by atoms with Gasteiger partial charge in [0.1, 0.15) is 12.4 Å². The monoisotopic (exact) mass is 236 g/mol. The Kier molecular flexibility index (Phi) is 3.82. The van der Waals surface area contributed by atoms with Gasteiger partial charge in [0.15, 0.2) is 0 Å². The lowest BCUT2D eigenvalue weighted by Crippen LogP contribution is -2.30. The Morgan fingerprint density at radius 2 is 2.35 bits per heavy atom. The zero-order valence-corrected chi connectivity index (χ0v) is 9.52. The zero-order chi connectivity index (χ0) is 12.1. The molecular formula is C12H16N2O3. The number of carbonyl (C=O) groups excluding carboxylic acids is 1. The largest absolute Gasteiger partial charge is 0.493 e. The second-order valence-corrected chi connectivity index (χ2v) is 3.85. The minimum absolute atomic E-state index is 0.247. The minimum Gasteiger partial charge on any atom is -0.493 e. The van der Waals surface area contributed by atoms with Crippen molar-refractivity contribution in [2.24, 2.45) is 5.73 Å². The molecule has 17 heavy (non-hydrogen) atoms. The predicted octanol–water partition coefficient (Wildman–Crippen LogP) is 1.20. The molecule has 2 rings (SSSR count). The highest BCUT2D eigenvalue weighted by atomic mass is 16.5. The highest BCUT2D eigenvalue weighted by Gasteiger charge is 2.19. The normalized spacial score (nSPS) is 18.0. The molecule has 0 radical (unpaired) electrons. The fourth-order valence-electron chi connectivity index (χ4n) is 1.94. The van der Waals surface area contributed by atoms with E-state index in [1.807, 2.05) is 24.3 Å². The Hall–Kier alpha value is -1.75. The van der Waals surface area contributed by atoms with Crippen LogP contribution in [0, 0.1) is 0 Å². The number of ether oxygens (including phenoxy) is 2. The summed E-state index contributed by atoms with van der Waals surface area (Å²) >= 11 is 0. The van der Waals surface area contributed by atoms with Gasteiger partial charge in [-0.1, -0.05) is 18.2 Å². The molecule has 1 atom stereocenters. The van der Waals surface area contributed by atoms with E-state index in [1.165, 1.54) is 0 Å². The van der Waals surface area contributed by atoms with Crippen LogP contribution in [-0.4, -0.2) is 25.9 Å². The minimum atomic E-state index is -0.737. The molecule has 1 unspecified atom stereocenters. The van der Waals surface area contributed by atoms with Crippen LogP contribution in [0.2, 0.25) is 0 Å². The molecule has 0 spiro atoms. The predicted molar refractivity (Wildman–Crippen MR) is 62.8 cm³/mol. The van der Waals surface area contributed by atoms with Crippen molar-refractivity contribution in [3.05, 3.63) is 29.8 Å². The Morgan fingerprint density at radius 1 is 1.53 bits per heavy atom. The van der Waals surface area contributed by atoms with Crippen molar-refractivity contribution >= 4 is 6.09 Å². The molecule has 1 aliphatic rings. The van der Waals surface area contributed by atoms with Gasteiger partial charge in [0.05, 0.1) is 6.61 Å². The number of nitrogens with two attached hydrogens (primary N) is 1. The average Bonchev–Trinajstić information content (AvgIpc) is 2.34. The molecule has 92 valence electrons. The van der Waals surface area contributed by atoms with E-state index in [4.69, 9.17) is 10.5 Å². The van der Waals surface area contributed by atoms with Crippen LogP contribution in [0.1, 0.15) is 18.0 Å². The van der Waals surface area contributed by atoms with E-state index in [1.54, 1.807) is 0 Å². The third-order valence-electron chi connectivity index (χ3n) is 2.70. The molecule has 1 aliphatic heterocycles. The van der Waals surface area contributed by atoms with Crippen molar-refractivity contribution in [1.29, 1.82) is 0 Å². The SMILES string of the molecule is NC(=O)OCCNC1CCOc2ccccc21. The van der Waals surface area contributed by atoms with Crippen molar-refractivity contribution in [2.45, 2.75) is 12.5 Å². The quantitative estimate of drug-likeness (QED) is 0.770. The van der Waals surface area contributed by atoms with Crippen LogP contribution >= 0.6 is 0 Å². The highest BCUT2D eigenvalue weighted by molar-refractivity contribution is 5.64. The molecule has 0 saturated carbocycles. The summed E-state index contributed by atoms with van der Waals surface area (Å²) in [6.45, 7) is 1.57. The molecular weight excluding hydrogens is 220 g/mol. The van der Waals surface area contributed by atoms with E-state index >= 15 is 0 Å². The first-order chi connectivity index (χ1) is 8.27. The molecule has 0 bridgehead atoms. The van der Waals surface area contributed by atoms with Crippen molar-refractivity contribution in [3.8, 4) is 5.75 Å². The van der Waals surface area contributed by atoms with Gasteiger partial charge in [-0.15, -0.1) is 0 Å². The smallest absolute Gasteiger partial charge is 0.404 e. The summed E-state index contributed by atoms with van der Waals surface area (Å²) in [7, 11) is 0. The third-order valence-corrected chi connectivity index (χ3v) is 2.70. The van der Waals surface area contributed by atoms with Gasteiger partial charge in [-0.05, 0) is 6.07 Å². The third kappa shape index (κ3) is 3.10. The lowest BCUT2D eigenvalue weighted by molar-refractivity contribution is 0.154. The summed E-state index contributed by atoms with van der Waals surface area (Å²) in [4.78, 5) is 10.4. The molecule has 0 fully saturated rings. The fraction of sp³-hybridized carbons (Fsp3) is 0.417. The number of nitrogens with one attached hydrogen (secondary N) is 1. The van der Waals surface area contributed by atoms with Crippen LogP contribution in [0.15, 0.2) is 24.3 Å². The van der Waals surface area contributed by atoms with Crippen LogP contribution in [0.3, 0.4) is 0 Å². The summed E-state index contributed by atoms with van der Waals surface area (Å²) < 4.78 is 10.2. The standard InChI is InChI=1S/C12H16N2O3/c13-12(15)17-8-6-14-10-5-7-16-11-4-2-1-3-9(10)11/h1-4,10,14H,5-8H2,(H2,13,15). The molecule has 3 N–H and O–H groups in total. The van der Waals surface area contributed by atoms with Gasteiger partial charge < -0.3 is 20.5 Å². The van der Waals surface area contributed by atoms with Crippen molar-refractivity contribution in [1.82, 2.24) is 5.32 Å². The number of para-hydroxylation sites is 1. The molecule has 1 heterocycles. The Morgan fingerprint density at radius 3 is 3.18 bits per heavy atom. The fourth-order valence-corrected chi connectivity index (χ4v) is 1.94. The van der Waals surface area contributed by atoms with Crippen LogP contribution in [0.4, 0.5) is 4.79 Å². The first kappa shape index (κ1) is 11.7. The second-order valence-electron chi connectivity index (χ2n) is 3.85. The average molecular weight is 236 g/mol. The number of benzene rings is 1. The lowest BCUT2D eigenvalue weighted by atomic mass is 10.0. The molecule has 5 heteroatoms. The maximum atomic E-state index is 10.4. The summed E-state index contributed by atoms with van der Waals surface area (Å²) in [5, 5.41) is 3.32. The molecule has 0 saturated heterocycles. The lowest BCUT2D eigenvalue weighted by Gasteiger charge is -2.26. The molecule has 0 aliphatic carbocycles. The number of amides is 1. The first-order valence-electron chi connectivity index (χ1n) is 5.64. The number of rotatable bonds is 4. The Bertz CT molecular complexity index is 395. The summed E-state index contributed by atoms with van der Waals surface area (Å²) in [6.07, 6.45) is 0.173. The summed E-state index contributed by atoms with van der Waals surface area (Å²) in [5.74, 6) is 0.923. The van der Waals surface area contributed by atoms with Gasteiger partial charge in [-0.25, -0.2) is 4.79 Å². The van der Waals surface area contributed by atoms with Gasteiger partial charge in [0.2, 0.25) is 0 Å². The van der Waals surface area contributed by atoms with Crippen LogP contribution in [0.5, 0.6) is 5.75 Å². The van der Waals surface area contributed by atoms with Gasteiger partial charge >= 0.3 is 6.09 Å². The van der Waals surface area contributed by atoms with Crippen molar-refractivity contribution in [2.75, 3.05) is 19.8 Å². The number of primary amides is 1. The number of carbonyl (C=O) groups is 1. The Balaban J connectivity index is 1.88. The van der Waals surface area contributed by atoms with E-state index < -0.39 is 6.09 Å². The maximum Gasteiger partial charge on any atom is 0.404 e. The zero-order valence-electron chi connectivity index (χ0n) is 9.52. The molecule has 1 aromatic carbocycles. The van der Waals surface area contributed by atoms with E-state index in [-0.39, 0.29) is 12.6 Å². The van der Waals surface area contributed by atoms with E-state index in [0.29, 0.717) is 13.2 Å². The highest BCUT2D eigenvalue weighted by Crippen LogP contribution is 2.31. The van der Waals surface area contributed by atoms with Crippen molar-refractivity contribution < 1.29 is 14.3 Å². The van der Waals surface area contributed by atoms with E-state index in [9.17, 15) is 4.79 Å². The van der Waals surface area contributed by atoms with E-state index in [2.05, 4.69) is 10.1 Å². The topological polar surface area (TPSA) is 73.6 Å². The van der Waals surface area contributed by atoms with Gasteiger partial charge in [-0.3, -0.25) is 0 Å². The first-order valence-corrected chi connectivity index (χ1v) is 5.64. The number of fused-ring (bicyclic) bond motifs is 1. The van der Waals surface area contributed by atoms with Gasteiger partial charge in [-0.2, -0.15) is 0 Å².